The van der Waals surface area contributed by atoms with Gasteiger partial charge in [0.25, 0.3) is 0 Å². The summed E-state index contributed by atoms with van der Waals surface area (Å²) in [6.45, 7) is 6.94. The van der Waals surface area contributed by atoms with E-state index in [1.807, 2.05) is 62.4 Å². The van der Waals surface area contributed by atoms with Crippen LogP contribution in [0.5, 0.6) is 5.75 Å². The van der Waals surface area contributed by atoms with Crippen molar-refractivity contribution in [3.05, 3.63) is 71.5 Å². The lowest BCUT2D eigenvalue weighted by Crippen LogP contribution is -2.07. The van der Waals surface area contributed by atoms with Crippen LogP contribution in [0.4, 0.5) is 0 Å². The van der Waals surface area contributed by atoms with E-state index in [0.29, 0.717) is 5.75 Å². The monoisotopic (exact) mass is 419 g/mol. The fourth-order valence-corrected chi connectivity index (χ4v) is 4.81. The highest BCUT2D eigenvalue weighted by atomic mass is 32.2. The number of carbonyl (C=O) groups excluding carboxylic acids is 1. The molecule has 0 fully saturated rings. The van der Waals surface area contributed by atoms with Gasteiger partial charge in [-0.1, -0.05) is 23.9 Å². The zero-order valence-electron chi connectivity index (χ0n) is 17.7. The fourth-order valence-electron chi connectivity index (χ4n) is 3.85. The molecule has 0 bridgehead atoms. The first-order valence-corrected chi connectivity index (χ1v) is 11.0. The number of rotatable bonds is 7. The van der Waals surface area contributed by atoms with Gasteiger partial charge in [0.2, 0.25) is 0 Å². The molecule has 2 aromatic carbocycles. The second-order valence-corrected chi connectivity index (χ2v) is 8.10. The van der Waals surface area contributed by atoms with Crippen LogP contribution in [0.15, 0.2) is 59.8 Å². The third-order valence-electron chi connectivity index (χ3n) is 5.33. The van der Waals surface area contributed by atoms with E-state index in [-0.39, 0.29) is 5.78 Å². The summed E-state index contributed by atoms with van der Waals surface area (Å²) in [7, 11) is 1.66. The zero-order chi connectivity index (χ0) is 21.3. The molecule has 4 rings (SSSR count). The SMILES string of the molecule is CCn1c(SCC(=O)c2cc(C)n(-c3ccc(OC)cc3)c2C)nc2ccccc21. The van der Waals surface area contributed by atoms with E-state index in [1.54, 1.807) is 7.11 Å². The van der Waals surface area contributed by atoms with Gasteiger partial charge in [-0.3, -0.25) is 4.79 Å². The molecule has 2 aromatic heterocycles. The van der Waals surface area contributed by atoms with Gasteiger partial charge in [0.1, 0.15) is 5.75 Å². The Morgan fingerprint density at radius 1 is 1.10 bits per heavy atom. The quantitative estimate of drug-likeness (QED) is 0.295. The number of Topliss-reactive ketones (excluding diaryl/α,β-unsaturated/α-hetero) is 1. The second-order valence-electron chi connectivity index (χ2n) is 7.16. The Bertz CT molecular complexity index is 1210. The highest BCUT2D eigenvalue weighted by Crippen LogP contribution is 2.27. The Kier molecular flexibility index (Phi) is 5.68. The lowest BCUT2D eigenvalue weighted by Gasteiger charge is -2.11. The van der Waals surface area contributed by atoms with E-state index in [0.717, 1.165) is 51.1 Å². The number of imidazole rings is 1. The number of aromatic nitrogens is 3. The van der Waals surface area contributed by atoms with Crippen LogP contribution >= 0.6 is 11.8 Å². The van der Waals surface area contributed by atoms with Crippen LogP contribution in [0.25, 0.3) is 16.7 Å². The van der Waals surface area contributed by atoms with Gasteiger partial charge in [-0.05, 0) is 63.2 Å². The maximum absolute atomic E-state index is 13.1. The minimum absolute atomic E-state index is 0.113. The number of hydrogen-bond acceptors (Lipinski definition) is 4. The van der Waals surface area contributed by atoms with Crippen LogP contribution in [-0.4, -0.2) is 32.8 Å². The van der Waals surface area contributed by atoms with Crippen LogP contribution < -0.4 is 4.74 Å². The van der Waals surface area contributed by atoms with Gasteiger partial charge in [0.05, 0.1) is 23.9 Å². The Morgan fingerprint density at radius 3 is 2.53 bits per heavy atom. The van der Waals surface area contributed by atoms with E-state index < -0.39 is 0 Å². The highest BCUT2D eigenvalue weighted by molar-refractivity contribution is 7.99. The predicted octanol–water partition coefficient (Wildman–Crippen LogP) is 5.45. The molecule has 0 atom stereocenters. The van der Waals surface area contributed by atoms with Crippen molar-refractivity contribution in [2.45, 2.75) is 32.5 Å². The molecule has 154 valence electrons. The number of ketones is 1. The summed E-state index contributed by atoms with van der Waals surface area (Å²) in [6, 6.07) is 17.9. The maximum Gasteiger partial charge on any atom is 0.175 e. The van der Waals surface area contributed by atoms with Gasteiger partial charge in [-0.15, -0.1) is 0 Å². The third kappa shape index (κ3) is 3.63. The van der Waals surface area contributed by atoms with Crippen molar-refractivity contribution in [2.75, 3.05) is 12.9 Å². The van der Waals surface area contributed by atoms with Gasteiger partial charge in [-0.25, -0.2) is 4.98 Å². The van der Waals surface area contributed by atoms with E-state index in [2.05, 4.69) is 22.1 Å². The third-order valence-corrected chi connectivity index (χ3v) is 6.31. The summed E-state index contributed by atoms with van der Waals surface area (Å²) in [5.41, 5.74) is 5.83. The molecule has 0 radical (unpaired) electrons. The number of benzene rings is 2. The number of aryl methyl sites for hydroxylation is 2. The van der Waals surface area contributed by atoms with Crippen molar-refractivity contribution in [1.29, 1.82) is 0 Å². The molecule has 0 aliphatic carbocycles. The van der Waals surface area contributed by atoms with Crippen molar-refractivity contribution >= 4 is 28.6 Å². The van der Waals surface area contributed by atoms with E-state index >= 15 is 0 Å². The number of thioether (sulfide) groups is 1. The second kappa shape index (κ2) is 8.40. The number of nitrogens with zero attached hydrogens (tertiary/aromatic N) is 3. The molecule has 0 spiro atoms. The largest absolute Gasteiger partial charge is 0.497 e. The number of methoxy groups -OCH3 is 1. The lowest BCUT2D eigenvalue weighted by atomic mass is 10.2. The number of carbonyl (C=O) groups is 1. The normalized spacial score (nSPS) is 11.2. The van der Waals surface area contributed by atoms with E-state index in [9.17, 15) is 4.79 Å². The maximum atomic E-state index is 13.1. The van der Waals surface area contributed by atoms with Crippen LogP contribution in [0.3, 0.4) is 0 Å². The van der Waals surface area contributed by atoms with Crippen LogP contribution in [0, 0.1) is 13.8 Å². The lowest BCUT2D eigenvalue weighted by molar-refractivity contribution is 0.102. The average molecular weight is 420 g/mol. The number of ether oxygens (including phenoxy) is 1. The molecule has 0 saturated heterocycles. The molecule has 0 amide bonds. The smallest absolute Gasteiger partial charge is 0.175 e. The van der Waals surface area contributed by atoms with E-state index in [1.165, 1.54) is 11.8 Å². The molecular weight excluding hydrogens is 394 g/mol. The first-order valence-electron chi connectivity index (χ1n) is 9.98. The zero-order valence-corrected chi connectivity index (χ0v) is 18.5. The predicted molar refractivity (Wildman–Crippen MR) is 122 cm³/mol. The molecule has 2 heterocycles. The molecular formula is C24H25N3O2S. The minimum atomic E-state index is 0.113. The molecule has 30 heavy (non-hydrogen) atoms. The molecule has 5 nitrogen and oxygen atoms in total. The number of para-hydroxylation sites is 2. The summed E-state index contributed by atoms with van der Waals surface area (Å²) in [4.78, 5) is 17.8. The van der Waals surface area contributed by atoms with Crippen molar-refractivity contribution in [2.24, 2.45) is 0 Å². The Hall–Kier alpha value is -2.99. The molecule has 0 unspecified atom stereocenters. The van der Waals surface area contributed by atoms with Gasteiger partial charge in [-0.2, -0.15) is 0 Å². The molecule has 0 N–H and O–H groups in total. The van der Waals surface area contributed by atoms with Crippen LogP contribution in [0.2, 0.25) is 0 Å². The molecule has 6 heteroatoms. The van der Waals surface area contributed by atoms with Crippen molar-refractivity contribution in [3.63, 3.8) is 0 Å². The molecule has 0 aliphatic heterocycles. The molecule has 4 aromatic rings. The van der Waals surface area contributed by atoms with Crippen molar-refractivity contribution in [3.8, 4) is 11.4 Å². The van der Waals surface area contributed by atoms with Crippen LogP contribution in [0.1, 0.15) is 28.7 Å². The number of fused-ring (bicyclic) bond motifs is 1. The molecule has 0 aliphatic rings. The van der Waals surface area contributed by atoms with Crippen molar-refractivity contribution in [1.82, 2.24) is 14.1 Å². The summed E-state index contributed by atoms with van der Waals surface area (Å²) >= 11 is 1.50. The Balaban J connectivity index is 1.57. The summed E-state index contributed by atoms with van der Waals surface area (Å²) in [5.74, 6) is 1.28. The van der Waals surface area contributed by atoms with Crippen molar-refractivity contribution < 1.29 is 9.53 Å². The number of hydrogen-bond donors (Lipinski definition) is 0. The minimum Gasteiger partial charge on any atom is -0.497 e. The topological polar surface area (TPSA) is 49.0 Å². The van der Waals surface area contributed by atoms with Crippen LogP contribution in [-0.2, 0) is 6.54 Å². The standard InChI is InChI=1S/C24H25N3O2S/c1-5-26-22-9-7-6-8-21(22)25-24(26)30-15-23(28)20-14-16(2)27(17(20)3)18-10-12-19(29-4)13-11-18/h6-14H,5,15H2,1-4H3. The first-order chi connectivity index (χ1) is 14.5. The Labute approximate surface area is 180 Å². The molecule has 0 saturated carbocycles. The van der Waals surface area contributed by atoms with Gasteiger partial charge in [0.15, 0.2) is 10.9 Å². The highest BCUT2D eigenvalue weighted by Gasteiger charge is 2.18. The summed E-state index contributed by atoms with van der Waals surface area (Å²) in [5, 5.41) is 0.885. The van der Waals surface area contributed by atoms with Gasteiger partial charge < -0.3 is 13.9 Å². The van der Waals surface area contributed by atoms with Gasteiger partial charge in [0, 0.05) is 29.2 Å². The average Bonchev–Trinajstić information content (AvgIpc) is 3.28. The Morgan fingerprint density at radius 2 is 1.83 bits per heavy atom. The first kappa shape index (κ1) is 20.3. The fraction of sp³-hybridized carbons (Fsp3) is 0.250. The summed E-state index contributed by atoms with van der Waals surface area (Å²) < 4.78 is 9.52. The van der Waals surface area contributed by atoms with E-state index in [4.69, 9.17) is 9.72 Å². The van der Waals surface area contributed by atoms with Gasteiger partial charge >= 0.3 is 0 Å². The summed E-state index contributed by atoms with van der Waals surface area (Å²) in [6.07, 6.45) is 0.